The van der Waals surface area contributed by atoms with Crippen LogP contribution in [0.15, 0.2) is 42.5 Å². The molecule has 2 rings (SSSR count). The van der Waals surface area contributed by atoms with Gasteiger partial charge < -0.3 is 10.5 Å². The van der Waals surface area contributed by atoms with Gasteiger partial charge >= 0.3 is 0 Å². The van der Waals surface area contributed by atoms with Crippen LogP contribution in [-0.2, 0) is 0 Å². The topological polar surface area (TPSA) is 35.2 Å². The molecule has 0 heterocycles. The van der Waals surface area contributed by atoms with Crippen molar-refractivity contribution in [3.63, 3.8) is 0 Å². The van der Waals surface area contributed by atoms with Gasteiger partial charge in [0.25, 0.3) is 0 Å². The molecular weight excluding hydrogens is 253 g/mol. The van der Waals surface area contributed by atoms with E-state index >= 15 is 0 Å². The van der Waals surface area contributed by atoms with Gasteiger partial charge in [-0.3, -0.25) is 0 Å². The summed E-state index contributed by atoms with van der Waals surface area (Å²) < 4.78 is 19.1. The summed E-state index contributed by atoms with van der Waals surface area (Å²) in [4.78, 5) is 0. The second-order valence-electron chi connectivity index (χ2n) is 5.00. The van der Waals surface area contributed by atoms with Crippen molar-refractivity contribution in [3.8, 4) is 5.75 Å². The third kappa shape index (κ3) is 3.58. The second kappa shape index (κ2) is 6.53. The summed E-state index contributed by atoms with van der Waals surface area (Å²) in [5.41, 5.74) is 8.89. The van der Waals surface area contributed by atoms with Crippen LogP contribution in [0.5, 0.6) is 5.75 Å². The fourth-order valence-corrected chi connectivity index (χ4v) is 2.21. The van der Waals surface area contributed by atoms with Crippen molar-refractivity contribution in [2.75, 3.05) is 6.54 Å². The SMILES string of the molecule is Cc1ccc(OC(CCN)c2ccc(F)cc2)c(C)c1. The molecular formula is C17H20FNO. The summed E-state index contributed by atoms with van der Waals surface area (Å²) in [5.74, 6) is 0.602. The predicted octanol–water partition coefficient (Wildman–Crippen LogP) is 3.91. The number of nitrogens with two attached hydrogens (primary N) is 1. The molecule has 20 heavy (non-hydrogen) atoms. The predicted molar refractivity (Wildman–Crippen MR) is 79.4 cm³/mol. The molecule has 106 valence electrons. The average molecular weight is 273 g/mol. The van der Waals surface area contributed by atoms with Crippen LogP contribution in [0.25, 0.3) is 0 Å². The molecule has 0 spiro atoms. The quantitative estimate of drug-likeness (QED) is 0.896. The van der Waals surface area contributed by atoms with Crippen LogP contribution in [0.2, 0.25) is 0 Å². The van der Waals surface area contributed by atoms with Crippen molar-refractivity contribution in [1.82, 2.24) is 0 Å². The zero-order valence-electron chi connectivity index (χ0n) is 11.9. The molecule has 2 nitrogen and oxygen atoms in total. The maximum atomic E-state index is 13.0. The maximum absolute atomic E-state index is 13.0. The molecule has 0 saturated heterocycles. The van der Waals surface area contributed by atoms with Gasteiger partial charge in [-0.25, -0.2) is 4.39 Å². The van der Waals surface area contributed by atoms with E-state index in [-0.39, 0.29) is 11.9 Å². The molecule has 1 unspecified atom stereocenters. The lowest BCUT2D eigenvalue weighted by Gasteiger charge is -2.20. The van der Waals surface area contributed by atoms with Crippen LogP contribution in [0.3, 0.4) is 0 Å². The zero-order chi connectivity index (χ0) is 14.5. The van der Waals surface area contributed by atoms with Crippen molar-refractivity contribution in [2.24, 2.45) is 5.73 Å². The Bertz CT molecular complexity index is 566. The van der Waals surface area contributed by atoms with Gasteiger partial charge in [0.15, 0.2) is 0 Å². The van der Waals surface area contributed by atoms with Crippen LogP contribution >= 0.6 is 0 Å². The van der Waals surface area contributed by atoms with E-state index in [0.717, 1.165) is 16.9 Å². The first kappa shape index (κ1) is 14.5. The van der Waals surface area contributed by atoms with Crippen LogP contribution in [0.1, 0.15) is 29.2 Å². The first-order valence-corrected chi connectivity index (χ1v) is 6.79. The zero-order valence-corrected chi connectivity index (χ0v) is 11.9. The van der Waals surface area contributed by atoms with Gasteiger partial charge in [0.2, 0.25) is 0 Å². The van der Waals surface area contributed by atoms with Gasteiger partial charge in [-0.05, 0) is 49.7 Å². The fraction of sp³-hybridized carbons (Fsp3) is 0.294. The number of ether oxygens (including phenoxy) is 1. The van der Waals surface area contributed by atoms with Crippen molar-refractivity contribution in [1.29, 1.82) is 0 Å². The number of benzene rings is 2. The van der Waals surface area contributed by atoms with Gasteiger partial charge in [0.05, 0.1) is 0 Å². The Morgan fingerprint density at radius 3 is 2.40 bits per heavy atom. The van der Waals surface area contributed by atoms with Gasteiger partial charge in [0, 0.05) is 6.42 Å². The van der Waals surface area contributed by atoms with E-state index < -0.39 is 0 Å². The number of hydrogen-bond acceptors (Lipinski definition) is 2. The maximum Gasteiger partial charge on any atom is 0.125 e. The first-order valence-electron chi connectivity index (χ1n) is 6.79. The molecule has 0 bridgehead atoms. The second-order valence-corrected chi connectivity index (χ2v) is 5.00. The van der Waals surface area contributed by atoms with Gasteiger partial charge in [-0.15, -0.1) is 0 Å². The highest BCUT2D eigenvalue weighted by atomic mass is 19.1. The molecule has 0 aliphatic rings. The van der Waals surface area contributed by atoms with Crippen molar-refractivity contribution in [2.45, 2.75) is 26.4 Å². The van der Waals surface area contributed by atoms with Gasteiger partial charge in [0.1, 0.15) is 17.7 Å². The third-order valence-corrected chi connectivity index (χ3v) is 3.27. The molecule has 2 N–H and O–H groups in total. The molecule has 0 saturated carbocycles. The van der Waals surface area contributed by atoms with E-state index in [9.17, 15) is 4.39 Å². The minimum atomic E-state index is -0.244. The van der Waals surface area contributed by atoms with Crippen LogP contribution in [0, 0.1) is 19.7 Å². The largest absolute Gasteiger partial charge is 0.485 e. The Labute approximate surface area is 119 Å². The lowest BCUT2D eigenvalue weighted by atomic mass is 10.1. The van der Waals surface area contributed by atoms with E-state index in [1.54, 1.807) is 12.1 Å². The lowest BCUT2D eigenvalue weighted by Crippen LogP contribution is -2.13. The van der Waals surface area contributed by atoms with Crippen LogP contribution < -0.4 is 10.5 Å². The first-order chi connectivity index (χ1) is 9.60. The monoisotopic (exact) mass is 273 g/mol. The Morgan fingerprint density at radius 1 is 1.10 bits per heavy atom. The number of rotatable bonds is 5. The summed E-state index contributed by atoms with van der Waals surface area (Å²) in [7, 11) is 0. The Morgan fingerprint density at radius 2 is 1.80 bits per heavy atom. The van der Waals surface area contributed by atoms with Crippen molar-refractivity contribution >= 4 is 0 Å². The Balaban J connectivity index is 2.22. The Hall–Kier alpha value is -1.87. The molecule has 2 aromatic rings. The average Bonchev–Trinajstić information content (AvgIpc) is 2.42. The van der Waals surface area contributed by atoms with E-state index in [1.807, 2.05) is 26.0 Å². The van der Waals surface area contributed by atoms with E-state index in [2.05, 4.69) is 6.07 Å². The van der Waals surface area contributed by atoms with E-state index in [0.29, 0.717) is 13.0 Å². The third-order valence-electron chi connectivity index (χ3n) is 3.27. The molecule has 0 aliphatic carbocycles. The fourth-order valence-electron chi connectivity index (χ4n) is 2.21. The molecule has 2 aromatic carbocycles. The van der Waals surface area contributed by atoms with Gasteiger partial charge in [-0.1, -0.05) is 29.8 Å². The molecule has 0 aliphatic heterocycles. The summed E-state index contributed by atoms with van der Waals surface area (Å²) in [6.07, 6.45) is 0.542. The van der Waals surface area contributed by atoms with E-state index in [1.165, 1.54) is 17.7 Å². The van der Waals surface area contributed by atoms with Crippen molar-refractivity contribution in [3.05, 3.63) is 65.0 Å². The number of hydrogen-bond donors (Lipinski definition) is 1. The molecule has 0 aromatic heterocycles. The van der Waals surface area contributed by atoms with Crippen molar-refractivity contribution < 1.29 is 9.13 Å². The minimum absolute atomic E-state index is 0.151. The lowest BCUT2D eigenvalue weighted by molar-refractivity contribution is 0.196. The summed E-state index contributed by atoms with van der Waals surface area (Å²) in [6.45, 7) is 4.59. The molecule has 0 amide bonds. The normalized spacial score (nSPS) is 12.2. The summed E-state index contributed by atoms with van der Waals surface area (Å²) in [6, 6.07) is 12.5. The highest BCUT2D eigenvalue weighted by Crippen LogP contribution is 2.27. The van der Waals surface area contributed by atoms with Gasteiger partial charge in [-0.2, -0.15) is 0 Å². The number of halogens is 1. The molecule has 0 radical (unpaired) electrons. The van der Waals surface area contributed by atoms with Crippen LogP contribution in [0.4, 0.5) is 4.39 Å². The molecule has 1 atom stereocenters. The standard InChI is InChI=1S/C17H20FNO/c1-12-3-8-16(13(2)11-12)20-17(9-10-19)14-4-6-15(18)7-5-14/h3-8,11,17H,9-10,19H2,1-2H3. The smallest absolute Gasteiger partial charge is 0.125 e. The van der Waals surface area contributed by atoms with Crippen LogP contribution in [-0.4, -0.2) is 6.54 Å². The highest BCUT2D eigenvalue weighted by molar-refractivity contribution is 5.36. The van der Waals surface area contributed by atoms with E-state index in [4.69, 9.17) is 10.5 Å². The summed E-state index contributed by atoms with van der Waals surface area (Å²) in [5, 5.41) is 0. The highest BCUT2D eigenvalue weighted by Gasteiger charge is 2.14. The number of aryl methyl sites for hydroxylation is 2. The molecule has 3 heteroatoms. The summed E-state index contributed by atoms with van der Waals surface area (Å²) >= 11 is 0. The molecule has 0 fully saturated rings. The Kier molecular flexibility index (Phi) is 4.74. The minimum Gasteiger partial charge on any atom is -0.485 e.